The van der Waals surface area contributed by atoms with Gasteiger partial charge in [-0.25, -0.2) is 15.0 Å². The maximum absolute atomic E-state index is 11.3. The number of fused-ring (bicyclic) bond motifs is 2. The fraction of sp³-hybridized carbons (Fsp3) is 0.476. The zero-order valence-corrected chi connectivity index (χ0v) is 16.8. The molecule has 1 saturated heterocycles. The number of aryl methyl sites for hydroxylation is 1. The SMILES string of the molecule is OCC1OC(n2cnc3c(NCC4(O)CCCc5ccccc54)ncnc32)C(O)C1O. The first-order chi connectivity index (χ1) is 15.0. The van der Waals surface area contributed by atoms with Gasteiger partial charge in [0, 0.05) is 6.54 Å². The van der Waals surface area contributed by atoms with Gasteiger partial charge in [0.1, 0.15) is 30.2 Å². The zero-order valence-electron chi connectivity index (χ0n) is 16.8. The minimum absolute atomic E-state index is 0.261. The molecule has 3 heterocycles. The average molecular weight is 427 g/mol. The average Bonchev–Trinajstić information content (AvgIpc) is 3.34. The van der Waals surface area contributed by atoms with Gasteiger partial charge in [0.25, 0.3) is 0 Å². The van der Waals surface area contributed by atoms with Crippen LogP contribution in [0.4, 0.5) is 5.82 Å². The minimum Gasteiger partial charge on any atom is -0.394 e. The summed E-state index contributed by atoms with van der Waals surface area (Å²) in [5.41, 5.74) is 1.92. The first kappa shape index (κ1) is 20.3. The molecule has 0 amide bonds. The minimum atomic E-state index is -1.24. The molecule has 10 nitrogen and oxygen atoms in total. The van der Waals surface area contributed by atoms with E-state index in [0.717, 1.165) is 24.0 Å². The van der Waals surface area contributed by atoms with Crippen LogP contribution in [0.2, 0.25) is 0 Å². The van der Waals surface area contributed by atoms with Crippen molar-refractivity contribution >= 4 is 17.0 Å². The Morgan fingerprint density at radius 2 is 2.00 bits per heavy atom. The number of ether oxygens (including phenoxy) is 1. The molecule has 10 heteroatoms. The highest BCUT2D eigenvalue weighted by molar-refractivity contribution is 5.82. The molecule has 1 aliphatic heterocycles. The Kier molecular flexibility index (Phi) is 5.11. The Labute approximate surface area is 178 Å². The van der Waals surface area contributed by atoms with E-state index in [1.54, 1.807) is 0 Å². The van der Waals surface area contributed by atoms with Crippen molar-refractivity contribution in [1.82, 2.24) is 19.5 Å². The van der Waals surface area contributed by atoms with Crippen LogP contribution in [0.1, 0.15) is 30.2 Å². The summed E-state index contributed by atoms with van der Waals surface area (Å²) in [5, 5.41) is 44.2. The number of hydrogen-bond donors (Lipinski definition) is 5. The number of aromatic nitrogens is 4. The molecule has 5 N–H and O–H groups in total. The summed E-state index contributed by atoms with van der Waals surface area (Å²) < 4.78 is 7.10. The van der Waals surface area contributed by atoms with Gasteiger partial charge in [-0.05, 0) is 30.4 Å². The van der Waals surface area contributed by atoms with E-state index < -0.39 is 36.7 Å². The number of anilines is 1. The molecule has 2 aliphatic rings. The lowest BCUT2D eigenvalue weighted by Gasteiger charge is -2.34. The molecular weight excluding hydrogens is 402 g/mol. The van der Waals surface area contributed by atoms with E-state index in [9.17, 15) is 20.4 Å². The van der Waals surface area contributed by atoms with Gasteiger partial charge in [0.15, 0.2) is 23.2 Å². The Balaban J connectivity index is 1.42. The van der Waals surface area contributed by atoms with Crippen molar-refractivity contribution in [2.24, 2.45) is 0 Å². The highest BCUT2D eigenvalue weighted by atomic mass is 16.6. The molecule has 5 rings (SSSR count). The quantitative estimate of drug-likeness (QED) is 0.382. The molecule has 3 aromatic rings. The van der Waals surface area contributed by atoms with Crippen LogP contribution in [0.3, 0.4) is 0 Å². The van der Waals surface area contributed by atoms with Crippen LogP contribution in [0.25, 0.3) is 11.2 Å². The third kappa shape index (κ3) is 3.36. The summed E-state index contributed by atoms with van der Waals surface area (Å²) in [5.74, 6) is 0.451. The normalized spacial score (nSPS) is 30.5. The lowest BCUT2D eigenvalue weighted by Crippen LogP contribution is -2.37. The van der Waals surface area contributed by atoms with Crippen LogP contribution in [-0.4, -0.2) is 71.4 Å². The topological polar surface area (TPSA) is 146 Å². The Hall–Kier alpha value is -2.63. The summed E-state index contributed by atoms with van der Waals surface area (Å²) in [6.45, 7) is -0.153. The highest BCUT2D eigenvalue weighted by Crippen LogP contribution is 2.36. The van der Waals surface area contributed by atoms with Gasteiger partial charge in [-0.1, -0.05) is 24.3 Å². The predicted molar refractivity (Wildman–Crippen MR) is 110 cm³/mol. The smallest absolute Gasteiger partial charge is 0.167 e. The van der Waals surface area contributed by atoms with Gasteiger partial charge in [-0.15, -0.1) is 0 Å². The van der Waals surface area contributed by atoms with Crippen molar-refractivity contribution in [3.63, 3.8) is 0 Å². The van der Waals surface area contributed by atoms with E-state index in [0.29, 0.717) is 23.4 Å². The first-order valence-electron chi connectivity index (χ1n) is 10.4. The van der Waals surface area contributed by atoms with Gasteiger partial charge in [0.2, 0.25) is 0 Å². The van der Waals surface area contributed by atoms with Crippen LogP contribution in [0.15, 0.2) is 36.9 Å². The number of rotatable bonds is 5. The molecule has 1 aromatic carbocycles. The summed E-state index contributed by atoms with van der Waals surface area (Å²) in [6.07, 6.45) is 1.03. The van der Waals surface area contributed by atoms with Crippen LogP contribution in [0.5, 0.6) is 0 Å². The van der Waals surface area contributed by atoms with Crippen molar-refractivity contribution in [3.8, 4) is 0 Å². The summed E-state index contributed by atoms with van der Waals surface area (Å²) in [7, 11) is 0. The Bertz CT molecular complexity index is 1090. The molecular formula is C21H25N5O5. The molecule has 0 bridgehead atoms. The van der Waals surface area contributed by atoms with Crippen molar-refractivity contribution in [2.75, 3.05) is 18.5 Å². The predicted octanol–water partition coefficient (Wildman–Crippen LogP) is 0.0738. The number of aliphatic hydroxyl groups is 4. The second-order valence-corrected chi connectivity index (χ2v) is 8.17. The first-order valence-corrected chi connectivity index (χ1v) is 10.4. The molecule has 1 fully saturated rings. The molecule has 0 saturated carbocycles. The van der Waals surface area contributed by atoms with E-state index in [4.69, 9.17) is 4.74 Å². The lowest BCUT2D eigenvalue weighted by atomic mass is 9.79. The number of aliphatic hydroxyl groups excluding tert-OH is 3. The number of imidazole rings is 1. The maximum Gasteiger partial charge on any atom is 0.167 e. The Morgan fingerprint density at radius 1 is 1.16 bits per heavy atom. The fourth-order valence-electron chi connectivity index (χ4n) is 4.59. The van der Waals surface area contributed by atoms with E-state index in [-0.39, 0.29) is 6.54 Å². The van der Waals surface area contributed by atoms with Crippen LogP contribution < -0.4 is 5.32 Å². The number of nitrogens with one attached hydrogen (secondary N) is 1. The largest absolute Gasteiger partial charge is 0.394 e. The van der Waals surface area contributed by atoms with Gasteiger partial charge in [0.05, 0.1) is 12.9 Å². The number of nitrogens with zero attached hydrogens (tertiary/aromatic N) is 4. The van der Waals surface area contributed by atoms with Crippen LogP contribution >= 0.6 is 0 Å². The van der Waals surface area contributed by atoms with Crippen molar-refractivity contribution < 1.29 is 25.2 Å². The van der Waals surface area contributed by atoms with Crippen molar-refractivity contribution in [2.45, 2.75) is 49.4 Å². The molecule has 0 spiro atoms. The summed E-state index contributed by atoms with van der Waals surface area (Å²) >= 11 is 0. The molecule has 0 radical (unpaired) electrons. The lowest BCUT2D eigenvalue weighted by molar-refractivity contribution is -0.0511. The molecule has 1 aliphatic carbocycles. The monoisotopic (exact) mass is 427 g/mol. The third-order valence-corrected chi connectivity index (χ3v) is 6.25. The van der Waals surface area contributed by atoms with Gasteiger partial charge < -0.3 is 30.5 Å². The summed E-state index contributed by atoms with van der Waals surface area (Å²) in [6, 6.07) is 7.92. The molecule has 5 unspecified atom stereocenters. The molecule has 5 atom stereocenters. The van der Waals surface area contributed by atoms with E-state index in [2.05, 4.69) is 20.3 Å². The van der Waals surface area contributed by atoms with E-state index in [1.165, 1.54) is 17.2 Å². The van der Waals surface area contributed by atoms with Gasteiger partial charge in [-0.3, -0.25) is 4.57 Å². The number of benzene rings is 1. The Morgan fingerprint density at radius 3 is 2.81 bits per heavy atom. The fourth-order valence-corrected chi connectivity index (χ4v) is 4.59. The highest BCUT2D eigenvalue weighted by Gasteiger charge is 2.44. The standard InChI is InChI=1S/C21H25N5O5/c27-8-14-16(28)17(29)20(31-14)26-11-25-15-18(23-10-24-19(15)26)22-9-21(30)7-3-5-12-4-1-2-6-13(12)21/h1-2,4,6,10-11,14,16-17,20,27-30H,3,5,7-9H2,(H,22,23,24). The van der Waals surface area contributed by atoms with Crippen molar-refractivity contribution in [1.29, 1.82) is 0 Å². The molecule has 2 aromatic heterocycles. The van der Waals surface area contributed by atoms with Crippen LogP contribution in [-0.2, 0) is 16.8 Å². The second kappa shape index (κ2) is 7.81. The number of hydrogen-bond acceptors (Lipinski definition) is 9. The molecule has 164 valence electrons. The zero-order chi connectivity index (χ0) is 21.6. The van der Waals surface area contributed by atoms with Crippen molar-refractivity contribution in [3.05, 3.63) is 48.0 Å². The third-order valence-electron chi connectivity index (χ3n) is 6.25. The second-order valence-electron chi connectivity index (χ2n) is 8.17. The van der Waals surface area contributed by atoms with Gasteiger partial charge in [-0.2, -0.15) is 0 Å². The summed E-state index contributed by atoms with van der Waals surface area (Å²) in [4.78, 5) is 12.9. The van der Waals surface area contributed by atoms with Crippen LogP contribution in [0, 0.1) is 0 Å². The maximum atomic E-state index is 11.3. The van der Waals surface area contributed by atoms with E-state index >= 15 is 0 Å². The van der Waals surface area contributed by atoms with E-state index in [1.807, 2.05) is 24.3 Å². The molecule has 31 heavy (non-hydrogen) atoms. The van der Waals surface area contributed by atoms with Gasteiger partial charge >= 0.3 is 0 Å².